The van der Waals surface area contributed by atoms with Gasteiger partial charge in [-0.25, -0.2) is 4.79 Å². The predicted molar refractivity (Wildman–Crippen MR) is 77.7 cm³/mol. The Bertz CT molecular complexity index is 495. The van der Waals surface area contributed by atoms with Crippen molar-refractivity contribution in [3.05, 3.63) is 18.0 Å². The maximum Gasteiger partial charge on any atom is 0.410 e. The minimum Gasteiger partial charge on any atom is -0.444 e. The minimum atomic E-state index is -0.531. The number of ether oxygens (including phenoxy) is 2. The molecule has 1 aliphatic rings. The molecule has 0 aromatic carbocycles. The molecule has 1 saturated heterocycles. The van der Waals surface area contributed by atoms with Gasteiger partial charge in [-0.1, -0.05) is 0 Å². The van der Waals surface area contributed by atoms with Crippen molar-refractivity contribution in [2.45, 2.75) is 38.5 Å². The lowest BCUT2D eigenvalue weighted by Gasteiger charge is -2.39. The molecule has 1 aliphatic heterocycles. The number of carbonyl (C=O) groups excluding carboxylic acids is 1. The fourth-order valence-electron chi connectivity index (χ4n) is 2.38. The molecule has 1 amide bonds. The number of hydrogen-bond donors (Lipinski definition) is 1. The van der Waals surface area contributed by atoms with E-state index in [4.69, 9.17) is 15.2 Å². The van der Waals surface area contributed by atoms with Crippen molar-refractivity contribution in [3.8, 4) is 0 Å². The molecular formula is C14H24N4O3. The van der Waals surface area contributed by atoms with E-state index in [2.05, 4.69) is 5.10 Å². The van der Waals surface area contributed by atoms with Gasteiger partial charge in [-0.15, -0.1) is 0 Å². The SMILES string of the molecule is Cn1nccc1C(N)C1COCCN1C(=O)OC(C)(C)C. The van der Waals surface area contributed by atoms with Crippen LogP contribution in [0.4, 0.5) is 4.79 Å². The number of amides is 1. The van der Waals surface area contributed by atoms with Crippen molar-refractivity contribution < 1.29 is 14.3 Å². The van der Waals surface area contributed by atoms with Crippen molar-refractivity contribution in [1.29, 1.82) is 0 Å². The number of carbonyl (C=O) groups is 1. The molecule has 2 N–H and O–H groups in total. The number of aryl methyl sites for hydroxylation is 1. The van der Waals surface area contributed by atoms with Crippen LogP contribution >= 0.6 is 0 Å². The molecule has 0 saturated carbocycles. The molecule has 2 rings (SSSR count). The van der Waals surface area contributed by atoms with E-state index in [1.807, 2.05) is 33.9 Å². The van der Waals surface area contributed by atoms with Crippen LogP contribution in [-0.2, 0) is 16.5 Å². The summed E-state index contributed by atoms with van der Waals surface area (Å²) in [5, 5.41) is 4.12. The first kappa shape index (κ1) is 15.8. The third-order valence-corrected chi connectivity index (χ3v) is 3.41. The number of aromatic nitrogens is 2. The Morgan fingerprint density at radius 1 is 1.57 bits per heavy atom. The van der Waals surface area contributed by atoms with Crippen molar-refractivity contribution in [2.24, 2.45) is 12.8 Å². The maximum absolute atomic E-state index is 12.4. The monoisotopic (exact) mass is 296 g/mol. The second-order valence-electron chi connectivity index (χ2n) is 6.22. The summed E-state index contributed by atoms with van der Waals surface area (Å²) in [6.07, 6.45) is 1.34. The molecule has 0 bridgehead atoms. The standard InChI is InChI=1S/C14H24N4O3/c1-14(2,3)21-13(19)18-7-8-20-9-11(18)12(15)10-5-6-16-17(10)4/h5-6,11-12H,7-9,15H2,1-4H3. The Morgan fingerprint density at radius 2 is 2.29 bits per heavy atom. The van der Waals surface area contributed by atoms with Gasteiger partial charge in [-0.05, 0) is 26.8 Å². The first-order valence-corrected chi connectivity index (χ1v) is 7.10. The maximum atomic E-state index is 12.4. The van der Waals surface area contributed by atoms with Gasteiger partial charge in [0.25, 0.3) is 0 Å². The van der Waals surface area contributed by atoms with E-state index in [1.165, 1.54) is 0 Å². The fourth-order valence-corrected chi connectivity index (χ4v) is 2.38. The topological polar surface area (TPSA) is 82.6 Å². The highest BCUT2D eigenvalue weighted by molar-refractivity contribution is 5.69. The summed E-state index contributed by atoms with van der Waals surface area (Å²) in [5.41, 5.74) is 6.65. The first-order valence-electron chi connectivity index (χ1n) is 7.10. The van der Waals surface area contributed by atoms with Gasteiger partial charge in [0.05, 0.1) is 31.0 Å². The molecule has 0 aliphatic carbocycles. The van der Waals surface area contributed by atoms with Crippen LogP contribution in [0.1, 0.15) is 32.5 Å². The molecule has 118 valence electrons. The lowest BCUT2D eigenvalue weighted by molar-refractivity contribution is -0.0387. The summed E-state index contributed by atoms with van der Waals surface area (Å²) in [7, 11) is 1.83. The molecule has 1 aromatic rings. The molecule has 7 nitrogen and oxygen atoms in total. The summed E-state index contributed by atoms with van der Waals surface area (Å²) in [6, 6.07) is 1.22. The summed E-state index contributed by atoms with van der Waals surface area (Å²) in [5.74, 6) is 0. The zero-order valence-electron chi connectivity index (χ0n) is 13.1. The van der Waals surface area contributed by atoms with Gasteiger partial charge in [0.2, 0.25) is 0 Å². The van der Waals surface area contributed by atoms with Gasteiger partial charge in [-0.2, -0.15) is 5.10 Å². The molecular weight excluding hydrogens is 272 g/mol. The fraction of sp³-hybridized carbons (Fsp3) is 0.714. The Balaban J connectivity index is 2.15. The van der Waals surface area contributed by atoms with Crippen molar-refractivity contribution >= 4 is 6.09 Å². The quantitative estimate of drug-likeness (QED) is 0.882. The normalized spacial score (nSPS) is 21.2. The average molecular weight is 296 g/mol. The van der Waals surface area contributed by atoms with E-state index in [0.717, 1.165) is 5.69 Å². The van der Waals surface area contributed by atoms with Gasteiger partial charge in [0, 0.05) is 19.8 Å². The van der Waals surface area contributed by atoms with E-state index in [-0.39, 0.29) is 18.2 Å². The Morgan fingerprint density at radius 3 is 2.86 bits per heavy atom. The smallest absolute Gasteiger partial charge is 0.410 e. The summed E-state index contributed by atoms with van der Waals surface area (Å²) in [4.78, 5) is 14.0. The molecule has 1 aromatic heterocycles. The summed E-state index contributed by atoms with van der Waals surface area (Å²) >= 11 is 0. The third-order valence-electron chi connectivity index (χ3n) is 3.41. The van der Waals surface area contributed by atoms with Crippen LogP contribution in [0.15, 0.2) is 12.3 Å². The van der Waals surface area contributed by atoms with Crippen LogP contribution in [0.5, 0.6) is 0 Å². The first-order chi connectivity index (χ1) is 9.79. The van der Waals surface area contributed by atoms with Gasteiger partial charge >= 0.3 is 6.09 Å². The number of hydrogen-bond acceptors (Lipinski definition) is 5. The highest BCUT2D eigenvalue weighted by Gasteiger charge is 2.36. The second kappa shape index (κ2) is 6.03. The van der Waals surface area contributed by atoms with Gasteiger partial charge in [0.1, 0.15) is 5.60 Å². The van der Waals surface area contributed by atoms with Crippen LogP contribution in [0.25, 0.3) is 0 Å². The number of rotatable bonds is 2. The molecule has 0 radical (unpaired) electrons. The highest BCUT2D eigenvalue weighted by atomic mass is 16.6. The third kappa shape index (κ3) is 3.74. The Kier molecular flexibility index (Phi) is 4.53. The van der Waals surface area contributed by atoms with Gasteiger partial charge in [-0.3, -0.25) is 9.58 Å². The molecule has 0 spiro atoms. The van der Waals surface area contributed by atoms with E-state index in [9.17, 15) is 4.79 Å². The van der Waals surface area contributed by atoms with E-state index in [1.54, 1.807) is 15.8 Å². The lowest BCUT2D eigenvalue weighted by atomic mass is 10.0. The summed E-state index contributed by atoms with van der Waals surface area (Å²) in [6.45, 7) is 6.91. The van der Waals surface area contributed by atoms with Gasteiger partial charge in [0.15, 0.2) is 0 Å². The molecule has 2 heterocycles. The molecule has 21 heavy (non-hydrogen) atoms. The largest absolute Gasteiger partial charge is 0.444 e. The van der Waals surface area contributed by atoms with Crippen molar-refractivity contribution in [3.63, 3.8) is 0 Å². The van der Waals surface area contributed by atoms with E-state index >= 15 is 0 Å². The minimum absolute atomic E-state index is 0.260. The molecule has 2 atom stereocenters. The van der Waals surface area contributed by atoms with Crippen LogP contribution in [0, 0.1) is 0 Å². The predicted octanol–water partition coefficient (Wildman–Crippen LogP) is 1.06. The zero-order chi connectivity index (χ0) is 15.6. The summed E-state index contributed by atoms with van der Waals surface area (Å²) < 4.78 is 12.7. The Labute approximate surface area is 125 Å². The van der Waals surface area contributed by atoms with Gasteiger partial charge < -0.3 is 15.2 Å². The molecule has 1 fully saturated rings. The molecule has 2 unspecified atom stereocenters. The number of nitrogens with two attached hydrogens (primary N) is 1. The second-order valence-corrected chi connectivity index (χ2v) is 6.22. The van der Waals surface area contributed by atoms with Crippen LogP contribution in [0.2, 0.25) is 0 Å². The average Bonchev–Trinajstić information content (AvgIpc) is 2.82. The van der Waals surface area contributed by atoms with E-state index < -0.39 is 5.60 Å². The molecule has 7 heteroatoms. The number of morpholine rings is 1. The zero-order valence-corrected chi connectivity index (χ0v) is 13.1. The highest BCUT2D eigenvalue weighted by Crippen LogP contribution is 2.23. The Hall–Kier alpha value is -1.60. The lowest BCUT2D eigenvalue weighted by Crippen LogP contribution is -2.54. The van der Waals surface area contributed by atoms with Crippen LogP contribution < -0.4 is 5.73 Å². The van der Waals surface area contributed by atoms with Crippen LogP contribution in [0.3, 0.4) is 0 Å². The van der Waals surface area contributed by atoms with E-state index in [0.29, 0.717) is 19.8 Å². The van der Waals surface area contributed by atoms with Crippen molar-refractivity contribution in [2.75, 3.05) is 19.8 Å². The number of nitrogens with zero attached hydrogens (tertiary/aromatic N) is 3. The van der Waals surface area contributed by atoms with Crippen LogP contribution in [-0.4, -0.2) is 52.2 Å². The van der Waals surface area contributed by atoms with Crippen molar-refractivity contribution in [1.82, 2.24) is 14.7 Å².